The lowest BCUT2D eigenvalue weighted by atomic mass is 9.91. The van der Waals surface area contributed by atoms with Crippen molar-refractivity contribution < 1.29 is 4.74 Å². The molecule has 31 heavy (non-hydrogen) atoms. The first-order valence-corrected chi connectivity index (χ1v) is 10.4. The molecular formula is C24H24N6O. The van der Waals surface area contributed by atoms with E-state index < -0.39 is 0 Å². The molecule has 0 fully saturated rings. The quantitative estimate of drug-likeness (QED) is 0.489. The standard InChI is InChI=1S/C24H24N6O/c1-17-15-29(16-25-17)21-12-10-19(26-24(21)31-2)11-13-22-27-23-20(9-6-14-30(23)28-22)18-7-4-3-5-8-18/h3-5,7-8,10-13,15-16,20H,6,9,14H2,1-2H3/b13-11+/t20-/m0/s1. The van der Waals surface area contributed by atoms with Crippen LogP contribution in [0.3, 0.4) is 0 Å². The number of fused-ring (bicyclic) bond motifs is 1. The summed E-state index contributed by atoms with van der Waals surface area (Å²) in [5.74, 6) is 2.57. The average molecular weight is 412 g/mol. The molecule has 1 aromatic carbocycles. The van der Waals surface area contributed by atoms with Gasteiger partial charge in [-0.2, -0.15) is 5.10 Å². The highest BCUT2D eigenvalue weighted by Crippen LogP contribution is 2.32. The highest BCUT2D eigenvalue weighted by atomic mass is 16.5. The van der Waals surface area contributed by atoms with Crippen molar-refractivity contribution in [3.63, 3.8) is 0 Å². The van der Waals surface area contributed by atoms with Gasteiger partial charge in [-0.1, -0.05) is 30.3 Å². The van der Waals surface area contributed by atoms with Gasteiger partial charge in [0.1, 0.15) is 11.5 Å². The summed E-state index contributed by atoms with van der Waals surface area (Å²) in [6.45, 7) is 2.86. The van der Waals surface area contributed by atoms with E-state index in [-0.39, 0.29) is 0 Å². The van der Waals surface area contributed by atoms with E-state index in [9.17, 15) is 0 Å². The summed E-state index contributed by atoms with van der Waals surface area (Å²) in [4.78, 5) is 13.7. The van der Waals surface area contributed by atoms with Crippen LogP contribution in [0, 0.1) is 6.92 Å². The predicted molar refractivity (Wildman–Crippen MR) is 119 cm³/mol. The first-order chi connectivity index (χ1) is 15.2. The molecular weight excluding hydrogens is 388 g/mol. The Hall–Kier alpha value is -3.74. The summed E-state index contributed by atoms with van der Waals surface area (Å²) in [6.07, 6.45) is 9.73. The van der Waals surface area contributed by atoms with Crippen LogP contribution in [0.25, 0.3) is 17.8 Å². The van der Waals surface area contributed by atoms with E-state index in [0.717, 1.165) is 42.3 Å². The number of imidazole rings is 1. The van der Waals surface area contributed by atoms with Crippen molar-refractivity contribution in [2.24, 2.45) is 0 Å². The van der Waals surface area contributed by atoms with Crippen LogP contribution in [0.15, 0.2) is 55.0 Å². The molecule has 5 rings (SSSR count). The van der Waals surface area contributed by atoms with Crippen molar-refractivity contribution in [3.05, 3.63) is 83.6 Å². The summed E-state index contributed by atoms with van der Waals surface area (Å²) in [5.41, 5.74) is 3.86. The van der Waals surface area contributed by atoms with Gasteiger partial charge in [-0.15, -0.1) is 0 Å². The average Bonchev–Trinajstić information content (AvgIpc) is 3.43. The predicted octanol–water partition coefficient (Wildman–Crippen LogP) is 4.27. The number of methoxy groups -OCH3 is 1. The van der Waals surface area contributed by atoms with Crippen LogP contribution >= 0.6 is 0 Å². The van der Waals surface area contributed by atoms with Crippen molar-refractivity contribution in [3.8, 4) is 11.6 Å². The molecule has 1 atom stereocenters. The Morgan fingerprint density at radius 3 is 2.71 bits per heavy atom. The first-order valence-electron chi connectivity index (χ1n) is 10.4. The molecule has 0 amide bonds. The van der Waals surface area contributed by atoms with Crippen LogP contribution in [-0.4, -0.2) is 36.4 Å². The molecule has 0 saturated heterocycles. The summed E-state index contributed by atoms with van der Waals surface area (Å²) >= 11 is 0. The fourth-order valence-corrected chi connectivity index (χ4v) is 4.04. The number of benzene rings is 1. The van der Waals surface area contributed by atoms with Gasteiger partial charge >= 0.3 is 0 Å². The van der Waals surface area contributed by atoms with Gasteiger partial charge in [0.25, 0.3) is 0 Å². The zero-order chi connectivity index (χ0) is 21.2. The molecule has 3 aromatic heterocycles. The van der Waals surface area contributed by atoms with Crippen LogP contribution in [-0.2, 0) is 6.54 Å². The number of aryl methyl sites for hydroxylation is 2. The Morgan fingerprint density at radius 1 is 1.06 bits per heavy atom. The molecule has 0 N–H and O–H groups in total. The topological polar surface area (TPSA) is 70.7 Å². The fraction of sp³-hybridized carbons (Fsp3) is 0.250. The first kappa shape index (κ1) is 19.2. The molecule has 0 radical (unpaired) electrons. The number of hydrogen-bond acceptors (Lipinski definition) is 5. The van der Waals surface area contributed by atoms with Crippen LogP contribution in [0.5, 0.6) is 5.88 Å². The molecule has 1 aliphatic heterocycles. The minimum atomic E-state index is 0.292. The molecule has 4 aromatic rings. The molecule has 0 bridgehead atoms. The highest BCUT2D eigenvalue weighted by Gasteiger charge is 2.25. The van der Waals surface area contributed by atoms with Gasteiger partial charge in [0.2, 0.25) is 5.88 Å². The van der Waals surface area contributed by atoms with Gasteiger partial charge in [0, 0.05) is 18.7 Å². The lowest BCUT2D eigenvalue weighted by Crippen LogP contribution is -2.17. The molecule has 0 unspecified atom stereocenters. The maximum Gasteiger partial charge on any atom is 0.238 e. The monoisotopic (exact) mass is 412 g/mol. The van der Waals surface area contributed by atoms with Crippen molar-refractivity contribution in [2.75, 3.05) is 7.11 Å². The number of pyridine rings is 1. The second kappa shape index (κ2) is 8.18. The molecule has 7 nitrogen and oxygen atoms in total. The largest absolute Gasteiger partial charge is 0.479 e. The van der Waals surface area contributed by atoms with Crippen LogP contribution < -0.4 is 4.74 Å². The van der Waals surface area contributed by atoms with E-state index in [2.05, 4.69) is 34.2 Å². The van der Waals surface area contributed by atoms with Gasteiger partial charge < -0.3 is 9.30 Å². The fourth-order valence-electron chi connectivity index (χ4n) is 4.04. The van der Waals surface area contributed by atoms with E-state index >= 15 is 0 Å². The van der Waals surface area contributed by atoms with Crippen molar-refractivity contribution in [2.45, 2.75) is 32.2 Å². The van der Waals surface area contributed by atoms with Gasteiger partial charge in [0.15, 0.2) is 5.82 Å². The van der Waals surface area contributed by atoms with Crippen LogP contribution in [0.1, 0.15) is 47.4 Å². The third-order valence-corrected chi connectivity index (χ3v) is 5.54. The summed E-state index contributed by atoms with van der Waals surface area (Å²) < 4.78 is 9.45. The van der Waals surface area contributed by atoms with Gasteiger partial charge in [-0.25, -0.2) is 19.6 Å². The SMILES string of the molecule is COc1nc(/C=C/c2nc3n(n2)CCC[C@H]3c2ccccc2)ccc1-n1cnc(C)c1. The Bertz CT molecular complexity index is 1220. The maximum absolute atomic E-state index is 5.50. The third-order valence-electron chi connectivity index (χ3n) is 5.54. The zero-order valence-electron chi connectivity index (χ0n) is 17.6. The zero-order valence-corrected chi connectivity index (χ0v) is 17.6. The number of nitrogens with zero attached hydrogens (tertiary/aromatic N) is 6. The van der Waals surface area contributed by atoms with E-state index in [4.69, 9.17) is 14.8 Å². The van der Waals surface area contributed by atoms with E-state index in [1.807, 2.05) is 52.7 Å². The minimum absolute atomic E-state index is 0.292. The second-order valence-electron chi connectivity index (χ2n) is 7.68. The molecule has 0 saturated carbocycles. The van der Waals surface area contributed by atoms with Gasteiger partial charge in [-0.05, 0) is 49.6 Å². The van der Waals surface area contributed by atoms with Crippen molar-refractivity contribution in [1.29, 1.82) is 0 Å². The van der Waals surface area contributed by atoms with Crippen LogP contribution in [0.2, 0.25) is 0 Å². The third kappa shape index (κ3) is 3.86. The summed E-state index contributed by atoms with van der Waals surface area (Å²) in [5, 5.41) is 4.70. The van der Waals surface area contributed by atoms with Crippen LogP contribution in [0.4, 0.5) is 0 Å². The van der Waals surface area contributed by atoms with E-state index in [1.54, 1.807) is 13.4 Å². The highest BCUT2D eigenvalue weighted by molar-refractivity contribution is 5.65. The molecule has 4 heterocycles. The van der Waals surface area contributed by atoms with E-state index in [0.29, 0.717) is 17.6 Å². The lowest BCUT2D eigenvalue weighted by molar-refractivity contribution is 0.395. The Labute approximate surface area is 181 Å². The van der Waals surface area contributed by atoms with Crippen molar-refractivity contribution in [1.82, 2.24) is 29.3 Å². The smallest absolute Gasteiger partial charge is 0.238 e. The van der Waals surface area contributed by atoms with Gasteiger partial charge in [0.05, 0.1) is 24.8 Å². The molecule has 0 aliphatic carbocycles. The molecule has 7 heteroatoms. The van der Waals surface area contributed by atoms with Gasteiger partial charge in [-0.3, -0.25) is 0 Å². The van der Waals surface area contributed by atoms with E-state index in [1.165, 1.54) is 5.56 Å². The normalized spacial score (nSPS) is 15.9. The Morgan fingerprint density at radius 2 is 1.94 bits per heavy atom. The number of rotatable bonds is 5. The number of aromatic nitrogens is 6. The number of ether oxygens (including phenoxy) is 1. The van der Waals surface area contributed by atoms with Crippen molar-refractivity contribution >= 4 is 12.2 Å². The molecule has 0 spiro atoms. The summed E-state index contributed by atoms with van der Waals surface area (Å²) in [6, 6.07) is 14.5. The molecule has 1 aliphatic rings. The lowest BCUT2D eigenvalue weighted by Gasteiger charge is -2.22. The Balaban J connectivity index is 1.41. The maximum atomic E-state index is 5.50. The minimum Gasteiger partial charge on any atom is -0.479 e. The second-order valence-corrected chi connectivity index (χ2v) is 7.68. The molecule has 156 valence electrons. The number of hydrogen-bond donors (Lipinski definition) is 0. The Kier molecular flexibility index (Phi) is 5.08. The summed E-state index contributed by atoms with van der Waals surface area (Å²) in [7, 11) is 1.62.